The minimum atomic E-state index is 0.211. The maximum absolute atomic E-state index is 3.51. The zero-order valence-electron chi connectivity index (χ0n) is 14.3. The smallest absolute Gasteiger partial charge is 0.0384 e. The third kappa shape index (κ3) is 4.23. The van der Waals surface area contributed by atoms with Gasteiger partial charge in [-0.15, -0.1) is 0 Å². The molecule has 0 saturated carbocycles. The second-order valence-corrected chi connectivity index (χ2v) is 8.18. The second kappa shape index (κ2) is 5.71. The van der Waals surface area contributed by atoms with Crippen molar-refractivity contribution in [3.05, 3.63) is 53.8 Å². The summed E-state index contributed by atoms with van der Waals surface area (Å²) >= 11 is 0. The van der Waals surface area contributed by atoms with Crippen molar-refractivity contribution in [2.75, 3.05) is 5.32 Å². The van der Waals surface area contributed by atoms with E-state index in [4.69, 9.17) is 0 Å². The molecule has 0 heterocycles. The SMILES string of the molecule is CC(C)(C)c1ccc(NC2=CCC(C(C)(C)C)C=C2)cc1. The molecule has 0 aromatic heterocycles. The first-order valence-electron chi connectivity index (χ1n) is 7.92. The first-order valence-corrected chi connectivity index (χ1v) is 7.92. The van der Waals surface area contributed by atoms with E-state index in [1.807, 2.05) is 0 Å². The Labute approximate surface area is 130 Å². The topological polar surface area (TPSA) is 12.0 Å². The monoisotopic (exact) mass is 283 g/mol. The molecule has 1 aliphatic rings. The number of benzene rings is 1. The summed E-state index contributed by atoms with van der Waals surface area (Å²) in [6.45, 7) is 13.6. The Kier molecular flexibility index (Phi) is 4.32. The molecule has 2 rings (SSSR count). The van der Waals surface area contributed by atoms with Gasteiger partial charge in [0, 0.05) is 11.4 Å². The lowest BCUT2D eigenvalue weighted by atomic mass is 9.77. The third-order valence-electron chi connectivity index (χ3n) is 4.25. The molecule has 1 nitrogen and oxygen atoms in total. The van der Waals surface area contributed by atoms with Crippen LogP contribution in [0.5, 0.6) is 0 Å². The Balaban J connectivity index is 2.01. The number of allylic oxidation sites excluding steroid dienone is 3. The molecule has 1 aliphatic carbocycles. The van der Waals surface area contributed by atoms with Crippen LogP contribution in [0.2, 0.25) is 0 Å². The Morgan fingerprint density at radius 3 is 2.00 bits per heavy atom. The van der Waals surface area contributed by atoms with Crippen LogP contribution in [-0.2, 0) is 5.41 Å². The van der Waals surface area contributed by atoms with Gasteiger partial charge in [0.2, 0.25) is 0 Å². The summed E-state index contributed by atoms with van der Waals surface area (Å²) in [5, 5.41) is 3.51. The van der Waals surface area contributed by atoms with Crippen LogP contribution in [0.1, 0.15) is 53.5 Å². The molecule has 0 fully saturated rings. The molecule has 0 radical (unpaired) electrons. The molecule has 1 atom stereocenters. The van der Waals surface area contributed by atoms with Crippen molar-refractivity contribution in [1.29, 1.82) is 0 Å². The van der Waals surface area contributed by atoms with Crippen LogP contribution in [0.25, 0.3) is 0 Å². The van der Waals surface area contributed by atoms with Crippen LogP contribution in [0.15, 0.2) is 48.2 Å². The molecule has 0 amide bonds. The van der Waals surface area contributed by atoms with E-state index >= 15 is 0 Å². The highest BCUT2D eigenvalue weighted by atomic mass is 14.9. The lowest BCUT2D eigenvalue weighted by Gasteiger charge is -2.29. The molecule has 1 N–H and O–H groups in total. The van der Waals surface area contributed by atoms with Gasteiger partial charge < -0.3 is 5.32 Å². The number of hydrogen-bond donors (Lipinski definition) is 1. The fourth-order valence-electron chi connectivity index (χ4n) is 2.58. The summed E-state index contributed by atoms with van der Waals surface area (Å²) in [6, 6.07) is 8.77. The molecule has 114 valence electrons. The van der Waals surface area contributed by atoms with Gasteiger partial charge in [-0.25, -0.2) is 0 Å². The Morgan fingerprint density at radius 2 is 1.57 bits per heavy atom. The first-order chi connectivity index (χ1) is 9.66. The van der Waals surface area contributed by atoms with Crippen molar-refractivity contribution in [3.8, 4) is 0 Å². The summed E-state index contributed by atoms with van der Waals surface area (Å²) in [4.78, 5) is 0. The van der Waals surface area contributed by atoms with Gasteiger partial charge in [-0.3, -0.25) is 0 Å². The van der Waals surface area contributed by atoms with E-state index in [0.29, 0.717) is 11.3 Å². The van der Waals surface area contributed by atoms with E-state index < -0.39 is 0 Å². The predicted octanol–water partition coefficient (Wildman–Crippen LogP) is 5.90. The summed E-state index contributed by atoms with van der Waals surface area (Å²) in [6.07, 6.45) is 7.99. The van der Waals surface area contributed by atoms with Crippen molar-refractivity contribution >= 4 is 5.69 Å². The molecule has 1 aromatic carbocycles. The van der Waals surface area contributed by atoms with Crippen molar-refractivity contribution < 1.29 is 0 Å². The average Bonchev–Trinajstić information content (AvgIpc) is 2.38. The summed E-state index contributed by atoms with van der Waals surface area (Å²) in [7, 11) is 0. The van der Waals surface area contributed by atoms with Gasteiger partial charge in [-0.05, 0) is 46.9 Å². The highest BCUT2D eigenvalue weighted by Crippen LogP contribution is 2.33. The van der Waals surface area contributed by atoms with E-state index in [0.717, 1.165) is 12.1 Å². The molecule has 0 aliphatic heterocycles. The van der Waals surface area contributed by atoms with Gasteiger partial charge in [0.15, 0.2) is 0 Å². The molecule has 0 saturated heterocycles. The lowest BCUT2D eigenvalue weighted by molar-refractivity contribution is 0.293. The van der Waals surface area contributed by atoms with E-state index in [-0.39, 0.29) is 5.41 Å². The summed E-state index contributed by atoms with van der Waals surface area (Å²) in [5.41, 5.74) is 4.29. The van der Waals surface area contributed by atoms with Crippen LogP contribution in [0, 0.1) is 11.3 Å². The van der Waals surface area contributed by atoms with Gasteiger partial charge in [0.25, 0.3) is 0 Å². The number of nitrogens with one attached hydrogen (secondary N) is 1. The molecule has 0 bridgehead atoms. The zero-order valence-corrected chi connectivity index (χ0v) is 14.3. The lowest BCUT2D eigenvalue weighted by Crippen LogP contribution is -2.20. The first kappa shape index (κ1) is 15.9. The van der Waals surface area contributed by atoms with Crippen LogP contribution < -0.4 is 5.32 Å². The Hall–Kier alpha value is -1.50. The van der Waals surface area contributed by atoms with Gasteiger partial charge in [-0.2, -0.15) is 0 Å². The number of anilines is 1. The van der Waals surface area contributed by atoms with Crippen molar-refractivity contribution in [2.45, 2.75) is 53.4 Å². The fourth-order valence-corrected chi connectivity index (χ4v) is 2.58. The van der Waals surface area contributed by atoms with Crippen LogP contribution in [0.3, 0.4) is 0 Å². The van der Waals surface area contributed by atoms with Crippen LogP contribution >= 0.6 is 0 Å². The van der Waals surface area contributed by atoms with Crippen LogP contribution in [-0.4, -0.2) is 0 Å². The Morgan fingerprint density at radius 1 is 0.952 bits per heavy atom. The standard InChI is InChI=1S/C20H29N/c1-19(2,3)15-7-11-17(12-8-15)21-18-13-9-16(10-14-18)20(4,5)6/h7-9,11-14,16,21H,10H2,1-6H3. The minimum absolute atomic E-state index is 0.211. The molecular weight excluding hydrogens is 254 g/mol. The summed E-state index contributed by atoms with van der Waals surface area (Å²) in [5.74, 6) is 0.631. The molecule has 0 spiro atoms. The van der Waals surface area contributed by atoms with Crippen LogP contribution in [0.4, 0.5) is 5.69 Å². The van der Waals surface area contributed by atoms with Crippen molar-refractivity contribution in [1.82, 2.24) is 0 Å². The number of rotatable bonds is 2. The quantitative estimate of drug-likeness (QED) is 0.712. The Bertz CT molecular complexity index is 533. The molecule has 1 aromatic rings. The fraction of sp³-hybridized carbons (Fsp3) is 0.500. The largest absolute Gasteiger partial charge is 0.356 e. The average molecular weight is 283 g/mol. The second-order valence-electron chi connectivity index (χ2n) is 8.18. The zero-order chi connectivity index (χ0) is 15.7. The van der Waals surface area contributed by atoms with Crippen molar-refractivity contribution in [2.24, 2.45) is 11.3 Å². The normalized spacial score (nSPS) is 19.3. The molecule has 1 unspecified atom stereocenters. The highest BCUT2D eigenvalue weighted by molar-refractivity contribution is 5.52. The molecule has 21 heavy (non-hydrogen) atoms. The van der Waals surface area contributed by atoms with Crippen molar-refractivity contribution in [3.63, 3.8) is 0 Å². The van der Waals surface area contributed by atoms with E-state index in [1.54, 1.807) is 0 Å². The minimum Gasteiger partial charge on any atom is -0.356 e. The maximum Gasteiger partial charge on any atom is 0.0384 e. The van der Waals surface area contributed by atoms with E-state index in [2.05, 4.69) is 89.4 Å². The predicted molar refractivity (Wildman–Crippen MR) is 93.5 cm³/mol. The van der Waals surface area contributed by atoms with E-state index in [9.17, 15) is 0 Å². The maximum atomic E-state index is 3.51. The molecule has 1 heteroatoms. The third-order valence-corrected chi connectivity index (χ3v) is 4.25. The number of hydrogen-bond acceptors (Lipinski definition) is 1. The highest BCUT2D eigenvalue weighted by Gasteiger charge is 2.22. The molecular formula is C20H29N. The summed E-state index contributed by atoms with van der Waals surface area (Å²) < 4.78 is 0. The van der Waals surface area contributed by atoms with Gasteiger partial charge in [-0.1, -0.05) is 65.8 Å². The van der Waals surface area contributed by atoms with Gasteiger partial charge in [0.1, 0.15) is 0 Å². The van der Waals surface area contributed by atoms with Gasteiger partial charge >= 0.3 is 0 Å². The van der Waals surface area contributed by atoms with Gasteiger partial charge in [0.05, 0.1) is 0 Å². The van der Waals surface area contributed by atoms with E-state index in [1.165, 1.54) is 11.3 Å².